The average Bonchev–Trinajstić information content (AvgIpc) is 2.25. The third-order valence-electron chi connectivity index (χ3n) is 5.08. The Balaban J connectivity index is 1.70. The summed E-state index contributed by atoms with van der Waals surface area (Å²) in [6, 6.07) is 0. The van der Waals surface area contributed by atoms with Crippen molar-refractivity contribution in [3.05, 3.63) is 11.8 Å². The first-order chi connectivity index (χ1) is 8.58. The van der Waals surface area contributed by atoms with Crippen LogP contribution >= 0.6 is 0 Å². The van der Waals surface area contributed by atoms with Gasteiger partial charge in [0.2, 0.25) is 5.91 Å². The summed E-state index contributed by atoms with van der Waals surface area (Å²) in [5.74, 6) is 3.30. The van der Waals surface area contributed by atoms with E-state index in [1.54, 1.807) is 13.2 Å². The van der Waals surface area contributed by atoms with E-state index >= 15 is 0 Å². The smallest absolute Gasteiger partial charge is 0.247 e. The van der Waals surface area contributed by atoms with Crippen molar-refractivity contribution in [3.8, 4) is 0 Å². The van der Waals surface area contributed by atoms with Gasteiger partial charge < -0.3 is 10.1 Å². The van der Waals surface area contributed by atoms with Crippen molar-refractivity contribution in [2.75, 3.05) is 7.11 Å². The van der Waals surface area contributed by atoms with Gasteiger partial charge in [0, 0.05) is 11.6 Å². The van der Waals surface area contributed by atoms with E-state index < -0.39 is 0 Å². The lowest BCUT2D eigenvalue weighted by molar-refractivity contribution is -0.122. The number of allylic oxidation sites excluding steroid dienone is 1. The number of methoxy groups -OCH3 is 1. The number of nitrogens with one attached hydrogen (secondary N) is 1. The molecule has 3 nitrogen and oxygen atoms in total. The molecule has 3 heteroatoms. The predicted molar refractivity (Wildman–Crippen MR) is 69.8 cm³/mol. The number of hydrogen-bond donors (Lipinski definition) is 1. The van der Waals surface area contributed by atoms with E-state index in [9.17, 15) is 4.79 Å². The molecule has 0 aromatic heterocycles. The first-order valence-electron chi connectivity index (χ1n) is 7.13. The van der Waals surface area contributed by atoms with Crippen LogP contribution in [0.5, 0.6) is 0 Å². The van der Waals surface area contributed by atoms with Crippen LogP contribution < -0.4 is 5.32 Å². The molecule has 0 spiro atoms. The summed E-state index contributed by atoms with van der Waals surface area (Å²) in [6.07, 6.45) is 9.39. The minimum Gasteiger partial charge on any atom is -0.501 e. The highest BCUT2D eigenvalue weighted by Crippen LogP contribution is 2.55. The summed E-state index contributed by atoms with van der Waals surface area (Å²) in [4.78, 5) is 12.0. The largest absolute Gasteiger partial charge is 0.501 e. The third kappa shape index (κ3) is 2.15. The van der Waals surface area contributed by atoms with Crippen molar-refractivity contribution < 1.29 is 9.53 Å². The highest BCUT2D eigenvalue weighted by atomic mass is 16.5. The number of ether oxygens (including phenoxy) is 1. The van der Waals surface area contributed by atoms with Gasteiger partial charge >= 0.3 is 0 Å². The summed E-state index contributed by atoms with van der Waals surface area (Å²) in [5.41, 5.74) is 0.107. The molecule has 18 heavy (non-hydrogen) atoms. The summed E-state index contributed by atoms with van der Waals surface area (Å²) < 4.78 is 5.04. The topological polar surface area (TPSA) is 38.3 Å². The fraction of sp³-hybridized carbons (Fsp3) is 0.800. The van der Waals surface area contributed by atoms with Crippen LogP contribution in [0.25, 0.3) is 0 Å². The van der Waals surface area contributed by atoms with Gasteiger partial charge in [-0.3, -0.25) is 4.79 Å². The quantitative estimate of drug-likeness (QED) is 0.617. The lowest BCUT2D eigenvalue weighted by Gasteiger charge is -2.56. The lowest BCUT2D eigenvalue weighted by atomic mass is 9.53. The normalized spacial score (nSPS) is 41.9. The maximum Gasteiger partial charge on any atom is 0.247 e. The van der Waals surface area contributed by atoms with Gasteiger partial charge in [0.15, 0.2) is 0 Å². The SMILES string of the molecule is CO/C(C)=C/C(=O)NC12CC3CC(CC(C3)C1)C2. The molecular weight excluding hydrogens is 226 g/mol. The van der Waals surface area contributed by atoms with Crippen molar-refractivity contribution in [3.63, 3.8) is 0 Å². The fourth-order valence-electron chi connectivity index (χ4n) is 4.80. The Hall–Kier alpha value is -0.990. The van der Waals surface area contributed by atoms with Crippen LogP contribution in [0, 0.1) is 17.8 Å². The lowest BCUT2D eigenvalue weighted by Crippen LogP contribution is -2.59. The predicted octanol–water partition coefficient (Wildman–Crippen LogP) is 2.62. The molecule has 4 aliphatic carbocycles. The fourth-order valence-corrected chi connectivity index (χ4v) is 4.80. The summed E-state index contributed by atoms with van der Waals surface area (Å²) >= 11 is 0. The van der Waals surface area contributed by atoms with E-state index in [-0.39, 0.29) is 11.4 Å². The number of carbonyl (C=O) groups is 1. The molecule has 1 amide bonds. The highest BCUT2D eigenvalue weighted by Gasteiger charge is 2.51. The van der Waals surface area contributed by atoms with Crippen LogP contribution in [0.15, 0.2) is 11.8 Å². The molecule has 4 bridgehead atoms. The van der Waals surface area contributed by atoms with Gasteiger partial charge in [-0.1, -0.05) is 0 Å². The second kappa shape index (κ2) is 4.29. The van der Waals surface area contributed by atoms with E-state index in [0.717, 1.165) is 17.8 Å². The monoisotopic (exact) mass is 249 g/mol. The molecule has 4 aliphatic rings. The zero-order valence-corrected chi connectivity index (χ0v) is 11.4. The summed E-state index contributed by atoms with van der Waals surface area (Å²) in [5, 5.41) is 3.29. The Kier molecular flexibility index (Phi) is 2.87. The van der Waals surface area contributed by atoms with Crippen LogP contribution in [0.3, 0.4) is 0 Å². The van der Waals surface area contributed by atoms with Crippen LogP contribution in [0.4, 0.5) is 0 Å². The standard InChI is InChI=1S/C15H23NO2/c1-10(18-2)3-14(17)16-15-7-11-4-12(8-15)6-13(5-11)9-15/h3,11-13H,4-9H2,1-2H3,(H,16,17)/b10-3+. The molecule has 4 saturated carbocycles. The number of amides is 1. The Bertz CT molecular complexity index is 351. The van der Waals surface area contributed by atoms with E-state index in [2.05, 4.69) is 5.32 Å². The van der Waals surface area contributed by atoms with Crippen LogP contribution in [0.1, 0.15) is 45.4 Å². The molecular formula is C15H23NO2. The second-order valence-electron chi connectivity index (χ2n) is 6.65. The second-order valence-corrected chi connectivity index (χ2v) is 6.65. The zero-order valence-electron chi connectivity index (χ0n) is 11.4. The first kappa shape index (κ1) is 12.1. The molecule has 0 aromatic rings. The highest BCUT2D eigenvalue weighted by molar-refractivity contribution is 5.88. The number of hydrogen-bond acceptors (Lipinski definition) is 2. The molecule has 0 atom stereocenters. The van der Waals surface area contributed by atoms with E-state index in [4.69, 9.17) is 4.74 Å². The van der Waals surface area contributed by atoms with Crippen molar-refractivity contribution in [1.82, 2.24) is 5.32 Å². The first-order valence-corrected chi connectivity index (χ1v) is 7.13. The van der Waals surface area contributed by atoms with Crippen molar-refractivity contribution in [2.24, 2.45) is 17.8 Å². The molecule has 0 aromatic carbocycles. The summed E-state index contributed by atoms with van der Waals surface area (Å²) in [6.45, 7) is 1.82. The van der Waals surface area contributed by atoms with Gasteiger partial charge in [-0.15, -0.1) is 0 Å². The van der Waals surface area contributed by atoms with Crippen molar-refractivity contribution in [2.45, 2.75) is 51.0 Å². The summed E-state index contributed by atoms with van der Waals surface area (Å²) in [7, 11) is 1.60. The molecule has 4 rings (SSSR count). The molecule has 0 saturated heterocycles. The molecule has 0 aliphatic heterocycles. The van der Waals surface area contributed by atoms with Crippen LogP contribution in [-0.2, 0) is 9.53 Å². The van der Waals surface area contributed by atoms with Gasteiger partial charge in [-0.25, -0.2) is 0 Å². The minimum atomic E-state index is 0.0244. The Morgan fingerprint density at radius 2 is 1.67 bits per heavy atom. The zero-order chi connectivity index (χ0) is 12.8. The molecule has 0 heterocycles. The maximum atomic E-state index is 12.0. The maximum absolute atomic E-state index is 12.0. The molecule has 0 radical (unpaired) electrons. The van der Waals surface area contributed by atoms with Gasteiger partial charge in [0.1, 0.15) is 0 Å². The average molecular weight is 249 g/mol. The number of carbonyl (C=O) groups excluding carboxylic acids is 1. The molecule has 100 valence electrons. The third-order valence-corrected chi connectivity index (χ3v) is 5.08. The van der Waals surface area contributed by atoms with E-state index in [1.807, 2.05) is 6.92 Å². The van der Waals surface area contributed by atoms with Gasteiger partial charge in [-0.05, 0) is 63.2 Å². The van der Waals surface area contributed by atoms with E-state index in [1.165, 1.54) is 38.5 Å². The van der Waals surface area contributed by atoms with E-state index in [0.29, 0.717) is 5.76 Å². The molecule has 1 N–H and O–H groups in total. The van der Waals surface area contributed by atoms with Crippen LogP contribution in [-0.4, -0.2) is 18.6 Å². The van der Waals surface area contributed by atoms with Crippen LogP contribution in [0.2, 0.25) is 0 Å². The number of rotatable bonds is 3. The van der Waals surface area contributed by atoms with Gasteiger partial charge in [-0.2, -0.15) is 0 Å². The Morgan fingerprint density at radius 1 is 1.17 bits per heavy atom. The molecule has 4 fully saturated rings. The van der Waals surface area contributed by atoms with Gasteiger partial charge in [0.25, 0.3) is 0 Å². The molecule has 0 unspecified atom stereocenters. The van der Waals surface area contributed by atoms with Gasteiger partial charge in [0.05, 0.1) is 12.9 Å². The minimum absolute atomic E-state index is 0.0244. The Labute approximate surface area is 109 Å². The Morgan fingerprint density at radius 3 is 2.11 bits per heavy atom. The van der Waals surface area contributed by atoms with Crippen molar-refractivity contribution >= 4 is 5.91 Å². The van der Waals surface area contributed by atoms with Crippen molar-refractivity contribution in [1.29, 1.82) is 0 Å².